The third-order valence-electron chi connectivity index (χ3n) is 3.34. The van der Waals surface area contributed by atoms with Crippen LogP contribution >= 0.6 is 15.9 Å². The number of anilines is 1. The molecule has 0 aliphatic carbocycles. The average molecular weight is 364 g/mol. The van der Waals surface area contributed by atoms with Gasteiger partial charge in [-0.2, -0.15) is 0 Å². The molecule has 0 atom stereocenters. The monoisotopic (exact) mass is 363 g/mol. The molecule has 4 nitrogen and oxygen atoms in total. The highest BCUT2D eigenvalue weighted by molar-refractivity contribution is 9.10. The summed E-state index contributed by atoms with van der Waals surface area (Å²) in [5, 5.41) is 2.91. The third kappa shape index (κ3) is 3.42. The van der Waals surface area contributed by atoms with E-state index in [-0.39, 0.29) is 5.91 Å². The first-order chi connectivity index (χ1) is 10.5. The van der Waals surface area contributed by atoms with Crippen LogP contribution in [0.4, 0.5) is 5.69 Å². The van der Waals surface area contributed by atoms with E-state index in [0.717, 1.165) is 16.8 Å². The number of aryl methyl sites for hydroxylation is 2. The van der Waals surface area contributed by atoms with Crippen LogP contribution < -0.4 is 14.8 Å². The van der Waals surface area contributed by atoms with E-state index in [1.807, 2.05) is 32.0 Å². The van der Waals surface area contributed by atoms with Crippen molar-refractivity contribution in [3.63, 3.8) is 0 Å². The molecule has 1 amide bonds. The van der Waals surface area contributed by atoms with Crippen LogP contribution in [0.5, 0.6) is 11.5 Å². The number of rotatable bonds is 4. The first-order valence-electron chi connectivity index (χ1n) is 6.76. The van der Waals surface area contributed by atoms with Crippen molar-refractivity contribution < 1.29 is 14.3 Å². The number of halogens is 1. The van der Waals surface area contributed by atoms with Crippen LogP contribution in [0.3, 0.4) is 0 Å². The summed E-state index contributed by atoms with van der Waals surface area (Å²) in [6.07, 6.45) is 0. The Labute approximate surface area is 138 Å². The summed E-state index contributed by atoms with van der Waals surface area (Å²) < 4.78 is 11.2. The molecular formula is C17H18BrNO3. The quantitative estimate of drug-likeness (QED) is 0.878. The Hall–Kier alpha value is -2.01. The van der Waals surface area contributed by atoms with E-state index >= 15 is 0 Å². The minimum absolute atomic E-state index is 0.212. The molecule has 116 valence electrons. The maximum absolute atomic E-state index is 12.5. The molecule has 0 saturated heterocycles. The van der Waals surface area contributed by atoms with Crippen molar-refractivity contribution in [3.05, 3.63) is 51.5 Å². The fraction of sp³-hybridized carbons (Fsp3) is 0.235. The third-order valence-corrected chi connectivity index (χ3v) is 4.12. The van der Waals surface area contributed by atoms with Crippen molar-refractivity contribution in [2.45, 2.75) is 13.8 Å². The predicted molar refractivity (Wildman–Crippen MR) is 91.1 cm³/mol. The van der Waals surface area contributed by atoms with Gasteiger partial charge in [0.05, 0.1) is 14.2 Å². The first kappa shape index (κ1) is 16.4. The van der Waals surface area contributed by atoms with E-state index in [1.165, 1.54) is 0 Å². The van der Waals surface area contributed by atoms with Crippen LogP contribution in [0.1, 0.15) is 21.5 Å². The van der Waals surface area contributed by atoms with Crippen molar-refractivity contribution in [1.82, 2.24) is 0 Å². The molecule has 0 aromatic heterocycles. The number of hydrogen-bond acceptors (Lipinski definition) is 3. The lowest BCUT2D eigenvalue weighted by atomic mass is 10.1. The highest BCUT2D eigenvalue weighted by Crippen LogP contribution is 2.35. The largest absolute Gasteiger partial charge is 0.495 e. The molecule has 5 heteroatoms. The van der Waals surface area contributed by atoms with Gasteiger partial charge in [-0.15, -0.1) is 0 Å². The molecule has 2 aromatic carbocycles. The zero-order chi connectivity index (χ0) is 16.3. The average Bonchev–Trinajstić information content (AvgIpc) is 2.50. The van der Waals surface area contributed by atoms with Crippen LogP contribution in [0.25, 0.3) is 0 Å². The second kappa shape index (κ2) is 6.83. The summed E-state index contributed by atoms with van der Waals surface area (Å²) in [4.78, 5) is 12.5. The molecule has 0 spiro atoms. The van der Waals surface area contributed by atoms with Gasteiger partial charge in [0.1, 0.15) is 16.0 Å². The van der Waals surface area contributed by atoms with Crippen molar-refractivity contribution >= 4 is 27.5 Å². The fourth-order valence-electron chi connectivity index (χ4n) is 2.15. The summed E-state index contributed by atoms with van der Waals surface area (Å²) in [5.41, 5.74) is 3.43. The number of carbonyl (C=O) groups is 1. The highest BCUT2D eigenvalue weighted by atomic mass is 79.9. The van der Waals surface area contributed by atoms with E-state index in [2.05, 4.69) is 21.2 Å². The molecule has 2 aromatic rings. The summed E-state index contributed by atoms with van der Waals surface area (Å²) in [6, 6.07) is 9.23. The van der Waals surface area contributed by atoms with E-state index in [4.69, 9.17) is 9.47 Å². The molecule has 0 fully saturated rings. The Morgan fingerprint density at radius 1 is 1.05 bits per heavy atom. The molecule has 0 aliphatic heterocycles. The Morgan fingerprint density at radius 3 is 2.14 bits per heavy atom. The Morgan fingerprint density at radius 2 is 1.64 bits per heavy atom. The summed E-state index contributed by atoms with van der Waals surface area (Å²) >= 11 is 3.39. The van der Waals surface area contributed by atoms with Gasteiger partial charge in [0.25, 0.3) is 5.91 Å². The predicted octanol–water partition coefficient (Wildman–Crippen LogP) is 4.34. The normalized spacial score (nSPS) is 10.2. The van der Waals surface area contributed by atoms with Gasteiger partial charge in [0.2, 0.25) is 0 Å². The van der Waals surface area contributed by atoms with Crippen molar-refractivity contribution in [2.24, 2.45) is 0 Å². The number of carbonyl (C=O) groups excluding carboxylic acids is 1. The zero-order valence-electron chi connectivity index (χ0n) is 13.0. The number of amides is 1. The summed E-state index contributed by atoms with van der Waals surface area (Å²) in [7, 11) is 3.09. The number of nitrogens with one attached hydrogen (secondary N) is 1. The highest BCUT2D eigenvalue weighted by Gasteiger charge is 2.15. The lowest BCUT2D eigenvalue weighted by Gasteiger charge is -2.13. The van der Waals surface area contributed by atoms with E-state index < -0.39 is 0 Å². The second-order valence-corrected chi connectivity index (χ2v) is 5.76. The van der Waals surface area contributed by atoms with E-state index in [0.29, 0.717) is 21.5 Å². The Balaban J connectivity index is 2.33. The van der Waals surface area contributed by atoms with Crippen LogP contribution in [-0.4, -0.2) is 20.1 Å². The van der Waals surface area contributed by atoms with Crippen LogP contribution in [-0.2, 0) is 0 Å². The Kier molecular flexibility index (Phi) is 5.08. The molecular weight excluding hydrogens is 346 g/mol. The number of methoxy groups -OCH3 is 2. The standard InChI is InChI=1S/C17H18BrNO3/c1-10-5-6-13(11(2)7-10)19-17(20)12-8-14(21-3)16(18)15(9-12)22-4/h5-9H,1-4H3,(H,19,20). The maximum Gasteiger partial charge on any atom is 0.255 e. The minimum Gasteiger partial charge on any atom is -0.495 e. The van der Waals surface area contributed by atoms with Gasteiger partial charge in [0.15, 0.2) is 0 Å². The Bertz CT molecular complexity index is 688. The molecule has 0 aliphatic rings. The zero-order valence-corrected chi connectivity index (χ0v) is 14.6. The molecule has 0 radical (unpaired) electrons. The van der Waals surface area contributed by atoms with Gasteiger partial charge in [-0.3, -0.25) is 4.79 Å². The van der Waals surface area contributed by atoms with Gasteiger partial charge in [0, 0.05) is 11.3 Å². The van der Waals surface area contributed by atoms with Crippen LogP contribution in [0.15, 0.2) is 34.8 Å². The molecule has 0 unspecified atom stereocenters. The van der Waals surface area contributed by atoms with Crippen LogP contribution in [0, 0.1) is 13.8 Å². The van der Waals surface area contributed by atoms with Crippen molar-refractivity contribution in [3.8, 4) is 11.5 Å². The summed E-state index contributed by atoms with van der Waals surface area (Å²) in [5.74, 6) is 0.881. The topological polar surface area (TPSA) is 47.6 Å². The molecule has 22 heavy (non-hydrogen) atoms. The lowest BCUT2D eigenvalue weighted by molar-refractivity contribution is 0.102. The van der Waals surface area contributed by atoms with E-state index in [1.54, 1.807) is 26.4 Å². The minimum atomic E-state index is -0.212. The lowest BCUT2D eigenvalue weighted by Crippen LogP contribution is -2.13. The molecule has 2 rings (SSSR count). The molecule has 0 saturated carbocycles. The molecule has 1 N–H and O–H groups in total. The van der Waals surface area contributed by atoms with Crippen LogP contribution in [0.2, 0.25) is 0 Å². The summed E-state index contributed by atoms with van der Waals surface area (Å²) in [6.45, 7) is 3.98. The number of hydrogen-bond donors (Lipinski definition) is 1. The van der Waals surface area contributed by atoms with Gasteiger partial charge in [-0.05, 0) is 53.5 Å². The van der Waals surface area contributed by atoms with Crippen molar-refractivity contribution in [2.75, 3.05) is 19.5 Å². The maximum atomic E-state index is 12.5. The van der Waals surface area contributed by atoms with Gasteiger partial charge in [-0.1, -0.05) is 17.7 Å². The fourth-order valence-corrected chi connectivity index (χ4v) is 2.70. The first-order valence-corrected chi connectivity index (χ1v) is 7.55. The second-order valence-electron chi connectivity index (χ2n) is 4.97. The van der Waals surface area contributed by atoms with E-state index in [9.17, 15) is 4.79 Å². The van der Waals surface area contributed by atoms with Gasteiger partial charge in [-0.25, -0.2) is 0 Å². The SMILES string of the molecule is COc1cc(C(=O)Nc2ccc(C)cc2C)cc(OC)c1Br. The smallest absolute Gasteiger partial charge is 0.255 e. The number of benzene rings is 2. The van der Waals surface area contributed by atoms with Gasteiger partial charge >= 0.3 is 0 Å². The van der Waals surface area contributed by atoms with Gasteiger partial charge < -0.3 is 14.8 Å². The number of ether oxygens (including phenoxy) is 2. The molecule has 0 bridgehead atoms. The van der Waals surface area contributed by atoms with Crippen molar-refractivity contribution in [1.29, 1.82) is 0 Å². The molecule has 0 heterocycles.